The molecule has 5 nitrogen and oxygen atoms in total. The van der Waals surface area contributed by atoms with E-state index in [1.807, 2.05) is 35.9 Å². The summed E-state index contributed by atoms with van der Waals surface area (Å²) in [4.78, 5) is 2.21. The van der Waals surface area contributed by atoms with Gasteiger partial charge in [-0.25, -0.2) is 4.68 Å². The van der Waals surface area contributed by atoms with Crippen molar-refractivity contribution in [3.8, 4) is 17.5 Å². The average Bonchev–Trinajstić information content (AvgIpc) is 2.98. The van der Waals surface area contributed by atoms with E-state index < -0.39 is 0 Å². The third-order valence-electron chi connectivity index (χ3n) is 4.93. The highest BCUT2D eigenvalue weighted by Gasteiger charge is 2.25. The maximum Gasteiger partial charge on any atom is 0.151 e. The molecule has 0 unspecified atom stereocenters. The van der Waals surface area contributed by atoms with Crippen molar-refractivity contribution in [2.75, 3.05) is 11.4 Å². The molecular formula is C21H20N4O. The number of aromatic nitrogens is 2. The third-order valence-corrected chi connectivity index (χ3v) is 4.93. The molecule has 0 spiro atoms. The highest BCUT2D eigenvalue weighted by Crippen LogP contribution is 2.32. The lowest BCUT2D eigenvalue weighted by molar-refractivity contribution is 0.473. The molecule has 3 aromatic rings. The van der Waals surface area contributed by atoms with Gasteiger partial charge >= 0.3 is 0 Å². The van der Waals surface area contributed by atoms with Gasteiger partial charge in [-0.05, 0) is 55.7 Å². The van der Waals surface area contributed by atoms with Gasteiger partial charge in [0.1, 0.15) is 17.4 Å². The van der Waals surface area contributed by atoms with Gasteiger partial charge in [-0.2, -0.15) is 10.4 Å². The monoisotopic (exact) mass is 344 g/mol. The van der Waals surface area contributed by atoms with Crippen LogP contribution < -0.4 is 4.90 Å². The number of nitriles is 1. The average molecular weight is 344 g/mol. The lowest BCUT2D eigenvalue weighted by atomic mass is 9.99. The summed E-state index contributed by atoms with van der Waals surface area (Å²) in [7, 11) is 0. The molecule has 0 bridgehead atoms. The minimum Gasteiger partial charge on any atom is -0.508 e. The van der Waals surface area contributed by atoms with Crippen LogP contribution in [0.15, 0.2) is 42.5 Å². The Morgan fingerprint density at radius 1 is 1.08 bits per heavy atom. The number of anilines is 1. The Bertz CT molecular complexity index is 1010. The van der Waals surface area contributed by atoms with Crippen molar-refractivity contribution in [2.45, 2.75) is 26.8 Å². The van der Waals surface area contributed by atoms with Crippen molar-refractivity contribution >= 4 is 5.82 Å². The number of phenols is 1. The zero-order valence-electron chi connectivity index (χ0n) is 14.9. The van der Waals surface area contributed by atoms with E-state index in [0.29, 0.717) is 17.9 Å². The van der Waals surface area contributed by atoms with Gasteiger partial charge in [0.2, 0.25) is 0 Å². The predicted octanol–water partition coefficient (Wildman–Crippen LogP) is 3.63. The van der Waals surface area contributed by atoms with E-state index in [4.69, 9.17) is 0 Å². The highest BCUT2D eigenvalue weighted by molar-refractivity contribution is 5.62. The molecule has 1 aromatic heterocycles. The zero-order valence-corrected chi connectivity index (χ0v) is 14.9. The van der Waals surface area contributed by atoms with E-state index in [1.54, 1.807) is 6.07 Å². The number of benzene rings is 2. The molecule has 1 N–H and O–H groups in total. The van der Waals surface area contributed by atoms with Crippen molar-refractivity contribution in [3.05, 3.63) is 70.4 Å². The van der Waals surface area contributed by atoms with Crippen LogP contribution >= 0.6 is 0 Å². The Morgan fingerprint density at radius 2 is 1.85 bits per heavy atom. The normalized spacial score (nSPS) is 13.3. The summed E-state index contributed by atoms with van der Waals surface area (Å²) in [6, 6.07) is 16.0. The van der Waals surface area contributed by atoms with Crippen LogP contribution in [0.1, 0.15) is 27.9 Å². The molecule has 0 aliphatic carbocycles. The van der Waals surface area contributed by atoms with E-state index in [0.717, 1.165) is 35.7 Å². The maximum absolute atomic E-state index is 9.70. The second-order valence-electron chi connectivity index (χ2n) is 6.77. The lowest BCUT2D eigenvalue weighted by Gasteiger charge is -2.31. The van der Waals surface area contributed by atoms with Gasteiger partial charge < -0.3 is 10.0 Å². The molecule has 2 aromatic carbocycles. The summed E-state index contributed by atoms with van der Waals surface area (Å²) in [6.07, 6.45) is 0.826. The Hall–Kier alpha value is -3.26. The molecule has 130 valence electrons. The number of hydrogen-bond acceptors (Lipinski definition) is 4. The van der Waals surface area contributed by atoms with Gasteiger partial charge in [0.25, 0.3) is 0 Å². The standard InChI is InChI=1S/C21H20N4O/c1-14-3-6-18(7-4-14)25-21(20(12-22)15(2)23-25)24-10-9-16-11-19(26)8-5-17(16)13-24/h3-8,11,26H,9-10,13H2,1-2H3. The molecule has 5 heteroatoms. The quantitative estimate of drug-likeness (QED) is 0.771. The summed E-state index contributed by atoms with van der Waals surface area (Å²) in [5.74, 6) is 1.14. The van der Waals surface area contributed by atoms with E-state index in [2.05, 4.69) is 35.1 Å². The van der Waals surface area contributed by atoms with E-state index in [-0.39, 0.29) is 0 Å². The van der Waals surface area contributed by atoms with Crippen LogP contribution in [0, 0.1) is 25.2 Å². The Morgan fingerprint density at radius 3 is 2.58 bits per heavy atom. The number of aromatic hydroxyl groups is 1. The fourth-order valence-corrected chi connectivity index (χ4v) is 3.52. The highest BCUT2D eigenvalue weighted by atomic mass is 16.3. The van der Waals surface area contributed by atoms with Crippen LogP contribution in [0.25, 0.3) is 5.69 Å². The second kappa shape index (κ2) is 6.23. The molecule has 1 aliphatic heterocycles. The number of aryl methyl sites for hydroxylation is 2. The summed E-state index contributed by atoms with van der Waals surface area (Å²) in [5, 5.41) is 24.0. The first-order chi connectivity index (χ1) is 12.6. The van der Waals surface area contributed by atoms with Gasteiger partial charge in [0.05, 0.1) is 11.4 Å². The van der Waals surface area contributed by atoms with Crippen LogP contribution in [0.5, 0.6) is 5.75 Å². The SMILES string of the molecule is Cc1ccc(-n2nc(C)c(C#N)c2N2CCc3cc(O)ccc3C2)cc1. The van der Waals surface area contributed by atoms with Crippen molar-refractivity contribution in [1.29, 1.82) is 5.26 Å². The van der Waals surface area contributed by atoms with Gasteiger partial charge in [-0.1, -0.05) is 23.8 Å². The predicted molar refractivity (Wildman–Crippen MR) is 101 cm³/mol. The topological polar surface area (TPSA) is 65.1 Å². The van der Waals surface area contributed by atoms with Gasteiger partial charge in [-0.3, -0.25) is 0 Å². The maximum atomic E-state index is 9.70. The smallest absolute Gasteiger partial charge is 0.151 e. The number of nitrogens with zero attached hydrogens (tertiary/aromatic N) is 4. The van der Waals surface area contributed by atoms with Crippen molar-refractivity contribution in [2.24, 2.45) is 0 Å². The summed E-state index contributed by atoms with van der Waals surface area (Å²) in [5.41, 5.74) is 5.83. The van der Waals surface area contributed by atoms with Crippen LogP contribution in [0.4, 0.5) is 5.82 Å². The Kier molecular flexibility index (Phi) is 3.89. The lowest BCUT2D eigenvalue weighted by Crippen LogP contribution is -2.32. The number of fused-ring (bicyclic) bond motifs is 1. The first-order valence-electron chi connectivity index (χ1n) is 8.69. The van der Waals surface area contributed by atoms with E-state index >= 15 is 0 Å². The van der Waals surface area contributed by atoms with E-state index in [9.17, 15) is 10.4 Å². The molecular weight excluding hydrogens is 324 g/mol. The minimum absolute atomic E-state index is 0.301. The minimum atomic E-state index is 0.301. The van der Waals surface area contributed by atoms with Gasteiger partial charge in [-0.15, -0.1) is 0 Å². The summed E-state index contributed by atoms with van der Waals surface area (Å²) < 4.78 is 1.87. The Labute approximate surface area is 152 Å². The molecule has 1 aliphatic rings. The molecule has 26 heavy (non-hydrogen) atoms. The summed E-state index contributed by atoms with van der Waals surface area (Å²) in [6.45, 7) is 5.41. The molecule has 0 radical (unpaired) electrons. The fourth-order valence-electron chi connectivity index (χ4n) is 3.52. The number of hydrogen-bond donors (Lipinski definition) is 1. The first kappa shape index (κ1) is 16.2. The molecule has 0 saturated heterocycles. The molecule has 0 fully saturated rings. The largest absolute Gasteiger partial charge is 0.508 e. The van der Waals surface area contributed by atoms with Gasteiger partial charge in [0, 0.05) is 13.1 Å². The van der Waals surface area contributed by atoms with Crippen LogP contribution in [0.3, 0.4) is 0 Å². The van der Waals surface area contributed by atoms with Gasteiger partial charge in [0.15, 0.2) is 5.82 Å². The molecule has 2 heterocycles. The van der Waals surface area contributed by atoms with Crippen LogP contribution in [-0.4, -0.2) is 21.4 Å². The Balaban J connectivity index is 1.80. The first-order valence-corrected chi connectivity index (χ1v) is 8.69. The van der Waals surface area contributed by atoms with Crippen LogP contribution in [-0.2, 0) is 13.0 Å². The van der Waals surface area contributed by atoms with E-state index in [1.165, 1.54) is 11.1 Å². The molecule has 0 saturated carbocycles. The van der Waals surface area contributed by atoms with Crippen molar-refractivity contribution < 1.29 is 5.11 Å². The third kappa shape index (κ3) is 2.70. The van der Waals surface area contributed by atoms with Crippen molar-refractivity contribution in [1.82, 2.24) is 9.78 Å². The summed E-state index contributed by atoms with van der Waals surface area (Å²) >= 11 is 0. The zero-order chi connectivity index (χ0) is 18.3. The molecule has 0 atom stereocenters. The molecule has 0 amide bonds. The molecule has 4 rings (SSSR count). The number of rotatable bonds is 2. The van der Waals surface area contributed by atoms with Crippen molar-refractivity contribution in [3.63, 3.8) is 0 Å². The van der Waals surface area contributed by atoms with Crippen LogP contribution in [0.2, 0.25) is 0 Å². The fraction of sp³-hybridized carbons (Fsp3) is 0.238. The number of phenolic OH excluding ortho intramolecular Hbond substituents is 1. The second-order valence-corrected chi connectivity index (χ2v) is 6.77.